The van der Waals surface area contributed by atoms with E-state index >= 15 is 0 Å². The van der Waals surface area contributed by atoms with E-state index in [2.05, 4.69) is 0 Å². The van der Waals surface area contributed by atoms with E-state index in [-0.39, 0.29) is 196 Å². The first kappa shape index (κ1) is 99.2. The van der Waals surface area contributed by atoms with E-state index in [4.69, 9.17) is 0 Å². The number of hydrogen-bond donors (Lipinski definition) is 0. The molecule has 10 heavy (non-hydrogen) atoms. The summed E-state index contributed by atoms with van der Waals surface area (Å²) in [6.45, 7) is 0. The first-order valence-electron chi connectivity index (χ1n) is 0. The molecule has 0 spiro atoms. The summed E-state index contributed by atoms with van der Waals surface area (Å²) < 4.78 is 0. The maximum atomic E-state index is 0. The van der Waals surface area contributed by atoms with Gasteiger partial charge in [-0.1, -0.05) is 0 Å². The van der Waals surface area contributed by atoms with E-state index in [1.54, 1.807) is 0 Å². The average Bonchev–Trinajstić information content (AvgIpc) is 0. The van der Waals surface area contributed by atoms with Crippen LogP contribution in [0.2, 0.25) is 0 Å². The Morgan fingerprint density at radius 1 is 0.300 bits per heavy atom. The first-order valence-corrected chi connectivity index (χ1v) is 0. The van der Waals surface area contributed by atoms with E-state index in [9.17, 15) is 0 Å². The molecule has 0 heterocycles. The molecule has 0 atom stereocenters. The largest absolute Gasteiger partial charge is 2.00 e. The van der Waals surface area contributed by atoms with Gasteiger partial charge in [-0.15, -0.1) is 0 Å². The summed E-state index contributed by atoms with van der Waals surface area (Å²) in [5.41, 5.74) is 0. The van der Waals surface area contributed by atoms with Crippen LogP contribution in [-0.4, -0.2) is 0 Å². The molecule has 0 aromatic carbocycles. The molecule has 0 aliphatic rings. The molecule has 10 heteroatoms. The standard InChI is InChI=1S/4Cd.5S.Zn/q4*+2;5*-2;+2. The molecule has 0 unspecified atom stereocenters. The van der Waals surface area contributed by atoms with Crippen LogP contribution in [0, 0.1) is 0 Å². The zero-order valence-electron chi connectivity index (χ0n) is 5.58. The van der Waals surface area contributed by atoms with Gasteiger partial charge in [-0.3, -0.25) is 0 Å². The minimum absolute atomic E-state index is 0. The van der Waals surface area contributed by atoms with Gasteiger partial charge in [0.25, 0.3) is 0 Å². The van der Waals surface area contributed by atoms with Crippen molar-refractivity contribution in [2.75, 3.05) is 0 Å². The van der Waals surface area contributed by atoms with Gasteiger partial charge in [0.1, 0.15) is 0 Å². The van der Waals surface area contributed by atoms with E-state index in [1.165, 1.54) is 0 Å². The van der Waals surface area contributed by atoms with Gasteiger partial charge < -0.3 is 67.5 Å². The Kier molecular flexibility index (Phi) is 804. The summed E-state index contributed by atoms with van der Waals surface area (Å²) in [6.07, 6.45) is 0. The third-order valence-electron chi connectivity index (χ3n) is 0. The summed E-state index contributed by atoms with van der Waals surface area (Å²) in [5, 5.41) is 0. The van der Waals surface area contributed by atoms with Crippen molar-refractivity contribution in [1.82, 2.24) is 0 Å². The predicted octanol–water partition coefficient (Wildman–Crippen LogP) is -0.0245. The minimum atomic E-state index is 0. The summed E-state index contributed by atoms with van der Waals surface area (Å²) >= 11 is 0. The predicted molar refractivity (Wildman–Crippen MR) is 36.8 cm³/mol. The summed E-state index contributed by atoms with van der Waals surface area (Å²) in [7, 11) is 0. The fraction of sp³-hybridized carbons (Fsp3) is 0. The quantitative estimate of drug-likeness (QED) is 0.317. The van der Waals surface area contributed by atoms with Crippen molar-refractivity contribution in [3.63, 3.8) is 0 Å². The maximum Gasteiger partial charge on any atom is 2.00 e. The van der Waals surface area contributed by atoms with Gasteiger partial charge in [0.05, 0.1) is 0 Å². The van der Waals surface area contributed by atoms with Crippen LogP contribution in [0.25, 0.3) is 0 Å². The van der Waals surface area contributed by atoms with Crippen LogP contribution in [-0.2, 0) is 196 Å². The molecule has 0 aliphatic heterocycles. The van der Waals surface area contributed by atoms with Gasteiger partial charge in [0.15, 0.2) is 0 Å². The van der Waals surface area contributed by atoms with Crippen LogP contribution in [0.3, 0.4) is 0 Å². The Hall–Kier alpha value is 6.06. The minimum Gasteiger partial charge on any atom is -2.00 e. The Morgan fingerprint density at radius 3 is 0.300 bits per heavy atom. The Labute approximate surface area is 191 Å². The smallest absolute Gasteiger partial charge is 2.00 e. The Bertz CT molecular complexity index is 13.6. The van der Waals surface area contributed by atoms with Crippen molar-refractivity contribution in [1.29, 1.82) is 0 Å². The van der Waals surface area contributed by atoms with Crippen LogP contribution < -0.4 is 0 Å². The van der Waals surface area contributed by atoms with E-state index in [0.29, 0.717) is 0 Å². The molecule has 0 rings (SSSR count). The molecule has 0 saturated heterocycles. The molecular weight excluding hydrogens is 675 g/mol. The van der Waals surface area contributed by atoms with E-state index < -0.39 is 0 Å². The second-order valence-corrected chi connectivity index (χ2v) is 0. The number of rotatable bonds is 0. The van der Waals surface area contributed by atoms with Crippen molar-refractivity contribution in [3.8, 4) is 0 Å². The van der Waals surface area contributed by atoms with Crippen LogP contribution in [0.15, 0.2) is 0 Å². The number of hydrogen-bond acceptors (Lipinski definition) is 0. The third-order valence-corrected chi connectivity index (χ3v) is 0. The van der Waals surface area contributed by atoms with Crippen LogP contribution in [0.5, 0.6) is 0 Å². The normalized spacial score (nSPS) is 0. The van der Waals surface area contributed by atoms with Gasteiger partial charge in [-0.25, -0.2) is 0 Å². The maximum absolute atomic E-state index is 0. The van der Waals surface area contributed by atoms with Crippen LogP contribution >= 0.6 is 0 Å². The zero-order chi connectivity index (χ0) is 0. The van der Waals surface area contributed by atoms with Crippen LogP contribution in [0.1, 0.15) is 0 Å². The molecule has 0 aliphatic carbocycles. The van der Waals surface area contributed by atoms with E-state index in [1.807, 2.05) is 0 Å². The molecule has 0 N–H and O–H groups in total. The Morgan fingerprint density at radius 2 is 0.300 bits per heavy atom. The topological polar surface area (TPSA) is 0 Å². The molecule has 0 amide bonds. The average molecular weight is 675 g/mol. The fourth-order valence-electron chi connectivity index (χ4n) is 0. The summed E-state index contributed by atoms with van der Waals surface area (Å²) in [5.74, 6) is 0. The first-order chi connectivity index (χ1) is 0. The fourth-order valence-corrected chi connectivity index (χ4v) is 0. The molecule has 0 fully saturated rings. The third kappa shape index (κ3) is 65.3. The van der Waals surface area contributed by atoms with Crippen molar-refractivity contribution in [2.45, 2.75) is 0 Å². The van der Waals surface area contributed by atoms with Crippen LogP contribution in [0.4, 0.5) is 0 Å². The molecule has 0 bridgehead atoms. The van der Waals surface area contributed by atoms with Crippen molar-refractivity contribution in [2.24, 2.45) is 0 Å². The zero-order valence-corrected chi connectivity index (χ0v) is 28.8. The molecule has 0 saturated carbocycles. The van der Waals surface area contributed by atoms with Gasteiger partial charge in [-0.05, 0) is 0 Å². The van der Waals surface area contributed by atoms with Gasteiger partial charge in [0, 0.05) is 0 Å². The summed E-state index contributed by atoms with van der Waals surface area (Å²) in [6, 6.07) is 0. The molecule has 40 valence electrons. The van der Waals surface area contributed by atoms with Crippen molar-refractivity contribution >= 4 is 67.5 Å². The second kappa shape index (κ2) is 81.1. The van der Waals surface area contributed by atoms with Gasteiger partial charge in [0.2, 0.25) is 0 Å². The monoisotopic (exact) mass is 679 g/mol. The molecule has 0 aromatic rings. The van der Waals surface area contributed by atoms with Crippen molar-refractivity contribution < 1.29 is 129 Å². The SMILES string of the molecule is [Cd+2].[Cd+2].[Cd+2].[Cd+2].[S-2].[S-2].[S-2].[S-2].[S-2].[Zn+2]. The molecule has 0 radical (unpaired) electrons. The second-order valence-electron chi connectivity index (χ2n) is 0. The molecule has 0 nitrogen and oxygen atoms in total. The van der Waals surface area contributed by atoms with Gasteiger partial charge >= 0.3 is 129 Å². The summed E-state index contributed by atoms with van der Waals surface area (Å²) in [4.78, 5) is 0. The van der Waals surface area contributed by atoms with Crippen molar-refractivity contribution in [3.05, 3.63) is 0 Å². The Balaban J connectivity index is 0. The van der Waals surface area contributed by atoms with E-state index in [0.717, 1.165) is 0 Å². The molecule has 0 aromatic heterocycles. The van der Waals surface area contributed by atoms with Gasteiger partial charge in [-0.2, -0.15) is 0 Å². The molecular formula is Cd4S5Zn.